The summed E-state index contributed by atoms with van der Waals surface area (Å²) >= 11 is 0. The second-order valence-corrected chi connectivity index (χ2v) is 15.7. The van der Waals surface area contributed by atoms with Gasteiger partial charge in [-0.05, 0) is 74.7 Å². The lowest BCUT2D eigenvalue weighted by molar-refractivity contribution is -0.140. The molecule has 4 aliphatic heterocycles. The Labute approximate surface area is 365 Å². The van der Waals surface area contributed by atoms with Crippen LogP contribution in [-0.4, -0.2) is 129 Å². The van der Waals surface area contributed by atoms with Crippen molar-refractivity contribution >= 4 is 52.7 Å². The number of imide groups is 1. The van der Waals surface area contributed by atoms with Gasteiger partial charge in [0.25, 0.3) is 11.8 Å². The van der Waals surface area contributed by atoms with Crippen LogP contribution in [0.25, 0.3) is 0 Å². The van der Waals surface area contributed by atoms with Gasteiger partial charge in [0.2, 0.25) is 17.7 Å². The summed E-state index contributed by atoms with van der Waals surface area (Å²) in [5.41, 5.74) is 3.78. The lowest BCUT2D eigenvalue weighted by Gasteiger charge is -2.29. The van der Waals surface area contributed by atoms with E-state index in [-0.39, 0.29) is 69.4 Å². The number of amides is 7. The molecule has 7 amide bonds. The van der Waals surface area contributed by atoms with Gasteiger partial charge in [0.1, 0.15) is 31.0 Å². The molecule has 1 unspecified atom stereocenters. The second-order valence-electron chi connectivity index (χ2n) is 15.7. The summed E-state index contributed by atoms with van der Waals surface area (Å²) in [6.07, 6.45) is 2.78. The van der Waals surface area contributed by atoms with E-state index in [1.54, 1.807) is 37.4 Å². The van der Waals surface area contributed by atoms with Gasteiger partial charge in [-0.1, -0.05) is 48.2 Å². The van der Waals surface area contributed by atoms with Crippen LogP contribution < -0.4 is 30.9 Å². The Morgan fingerprint density at radius 3 is 2.49 bits per heavy atom. The third kappa shape index (κ3) is 11.5. The Kier molecular flexibility index (Phi) is 14.8. The van der Waals surface area contributed by atoms with E-state index >= 15 is 0 Å². The normalized spacial score (nSPS) is 18.9. The number of anilines is 2. The fourth-order valence-electron chi connectivity index (χ4n) is 7.90. The van der Waals surface area contributed by atoms with Crippen molar-refractivity contribution in [3.8, 4) is 17.6 Å². The molecule has 0 saturated carbocycles. The zero-order valence-corrected chi connectivity index (χ0v) is 35.1. The number of hydrogen-bond donors (Lipinski definition) is 4. The number of rotatable bonds is 14. The molecule has 3 aromatic carbocycles. The van der Waals surface area contributed by atoms with Crippen LogP contribution in [0.1, 0.15) is 52.7 Å². The monoisotopic (exact) mass is 861 g/mol. The standard InChI is InChI=1S/C46H51N7O10/c1-51-38-26-32(12-14-39(38)63-28-36(46(51)60)49-44(58)43(57)47-19-16-30-6-3-2-4-7-30)11-10-31-17-20-52(21-18-31)22-23-61-24-25-62-29-41(55)48-35-9-5-8-33-34(35)27-53(45(33)59)37-13-15-40(54)50-42(37)56/h2-9,12,14,26,31,36-37H,13,15-25,27-29H2,1H3,(H,47,57)(H,48,55)(H,49,58)(H,50,54,56)/t36-,37?/m0/s1. The summed E-state index contributed by atoms with van der Waals surface area (Å²) in [5, 5.41) is 10.2. The summed E-state index contributed by atoms with van der Waals surface area (Å²) in [6, 6.07) is 18.2. The summed E-state index contributed by atoms with van der Waals surface area (Å²) < 4.78 is 17.2. The molecule has 7 rings (SSSR count). The van der Waals surface area contributed by atoms with E-state index in [9.17, 15) is 33.6 Å². The summed E-state index contributed by atoms with van der Waals surface area (Å²) in [7, 11) is 1.60. The molecular weight excluding hydrogens is 811 g/mol. The van der Waals surface area contributed by atoms with Gasteiger partial charge in [-0.3, -0.25) is 38.9 Å². The summed E-state index contributed by atoms with van der Waals surface area (Å²) in [4.78, 5) is 93.3. The maximum absolute atomic E-state index is 13.3. The molecule has 3 aromatic rings. The second kappa shape index (κ2) is 21.0. The van der Waals surface area contributed by atoms with Crippen molar-refractivity contribution in [2.45, 2.75) is 50.7 Å². The van der Waals surface area contributed by atoms with Gasteiger partial charge < -0.3 is 44.9 Å². The summed E-state index contributed by atoms with van der Waals surface area (Å²) in [5.74, 6) is 3.64. The first-order valence-electron chi connectivity index (χ1n) is 21.2. The molecule has 4 N–H and O–H groups in total. The Bertz CT molecular complexity index is 2280. The predicted molar refractivity (Wildman–Crippen MR) is 229 cm³/mol. The van der Waals surface area contributed by atoms with Crippen molar-refractivity contribution in [3.63, 3.8) is 0 Å². The Hall–Kier alpha value is -6.61. The maximum Gasteiger partial charge on any atom is 0.310 e. The molecule has 0 bridgehead atoms. The highest BCUT2D eigenvalue weighted by Crippen LogP contribution is 2.33. The minimum Gasteiger partial charge on any atom is -0.489 e. The first-order valence-corrected chi connectivity index (χ1v) is 21.2. The first kappa shape index (κ1) is 44.4. The maximum atomic E-state index is 13.3. The zero-order valence-electron chi connectivity index (χ0n) is 35.1. The van der Waals surface area contributed by atoms with Crippen LogP contribution in [0, 0.1) is 17.8 Å². The van der Waals surface area contributed by atoms with Crippen LogP contribution in [0.2, 0.25) is 0 Å². The highest BCUT2D eigenvalue weighted by atomic mass is 16.5. The zero-order chi connectivity index (χ0) is 44.3. The number of benzene rings is 3. The SMILES string of the molecule is CN1C(=O)[C@@H](NC(=O)C(=O)NCCc2ccccc2)COc2ccc(C#CC3CCN(CCOCCOCC(=O)Nc4cccc5c4CN(C4CCC(=O)NC4=O)C5=O)CC3)cc21. The van der Waals surface area contributed by atoms with E-state index in [1.165, 1.54) is 9.80 Å². The smallest absolute Gasteiger partial charge is 0.310 e. The molecule has 17 heteroatoms. The van der Waals surface area contributed by atoms with Crippen LogP contribution in [0.5, 0.6) is 5.75 Å². The topological polar surface area (TPSA) is 205 Å². The molecule has 2 atom stereocenters. The molecule has 2 fully saturated rings. The van der Waals surface area contributed by atoms with Crippen LogP contribution in [0.3, 0.4) is 0 Å². The molecule has 0 aliphatic carbocycles. The largest absolute Gasteiger partial charge is 0.489 e. The number of ether oxygens (including phenoxy) is 3. The van der Waals surface area contributed by atoms with Gasteiger partial charge in [-0.25, -0.2) is 0 Å². The summed E-state index contributed by atoms with van der Waals surface area (Å²) in [6.45, 7) is 3.65. The van der Waals surface area contributed by atoms with Crippen LogP contribution in [0.15, 0.2) is 66.7 Å². The molecule has 330 valence electrons. The van der Waals surface area contributed by atoms with Crippen molar-refractivity contribution in [2.24, 2.45) is 5.92 Å². The number of piperidine rings is 2. The van der Waals surface area contributed by atoms with Crippen molar-refractivity contribution in [1.29, 1.82) is 0 Å². The van der Waals surface area contributed by atoms with Crippen LogP contribution in [0.4, 0.5) is 11.4 Å². The van der Waals surface area contributed by atoms with E-state index in [0.717, 1.165) is 43.6 Å². The van der Waals surface area contributed by atoms with E-state index in [4.69, 9.17) is 14.2 Å². The molecule has 4 aliphatic rings. The first-order chi connectivity index (χ1) is 30.5. The quantitative estimate of drug-likeness (QED) is 0.0789. The minimum absolute atomic E-state index is 0.124. The van der Waals surface area contributed by atoms with Crippen molar-refractivity contribution in [1.82, 2.24) is 25.8 Å². The highest BCUT2D eigenvalue weighted by molar-refractivity contribution is 6.35. The number of carbonyl (C=O) groups excluding carboxylic acids is 7. The number of hydrogen-bond acceptors (Lipinski definition) is 11. The number of nitrogens with zero attached hydrogens (tertiary/aromatic N) is 3. The van der Waals surface area contributed by atoms with Gasteiger partial charge in [0, 0.05) is 61.4 Å². The number of carbonyl (C=O) groups is 7. The molecule has 0 aromatic heterocycles. The lowest BCUT2D eigenvalue weighted by Crippen LogP contribution is -2.53. The van der Waals surface area contributed by atoms with E-state index in [1.807, 2.05) is 36.4 Å². The fourth-order valence-corrected chi connectivity index (χ4v) is 7.90. The number of fused-ring (bicyclic) bond motifs is 2. The highest BCUT2D eigenvalue weighted by Gasteiger charge is 2.40. The van der Waals surface area contributed by atoms with Gasteiger partial charge in [0.15, 0.2) is 0 Å². The molecule has 4 heterocycles. The number of nitrogens with one attached hydrogen (secondary N) is 4. The average Bonchev–Trinajstić information content (AvgIpc) is 3.57. The van der Waals surface area contributed by atoms with Gasteiger partial charge in [-0.2, -0.15) is 0 Å². The van der Waals surface area contributed by atoms with Crippen LogP contribution in [-0.2, 0) is 51.2 Å². The van der Waals surface area contributed by atoms with E-state index in [0.29, 0.717) is 47.9 Å². The molecule has 0 spiro atoms. The Balaban J connectivity index is 0.768. The number of likely N-dealkylation sites (tertiary alicyclic amines) is 1. The predicted octanol–water partition coefficient (Wildman–Crippen LogP) is 1.38. The van der Waals surface area contributed by atoms with Crippen molar-refractivity contribution < 1.29 is 47.8 Å². The molecule has 2 saturated heterocycles. The third-order valence-corrected chi connectivity index (χ3v) is 11.4. The average molecular weight is 862 g/mol. The van der Waals surface area contributed by atoms with Gasteiger partial charge >= 0.3 is 11.8 Å². The molecular formula is C46H51N7O10. The lowest BCUT2D eigenvalue weighted by atomic mass is 9.97. The number of likely N-dealkylation sites (N-methyl/N-ethyl adjacent to an activating group) is 1. The van der Waals surface area contributed by atoms with Gasteiger partial charge in [-0.15, -0.1) is 0 Å². The van der Waals surface area contributed by atoms with E-state index < -0.39 is 35.7 Å². The fraction of sp³-hybridized carbons (Fsp3) is 0.413. The molecule has 17 nitrogen and oxygen atoms in total. The van der Waals surface area contributed by atoms with E-state index in [2.05, 4.69) is 38.0 Å². The van der Waals surface area contributed by atoms with Gasteiger partial charge in [0.05, 0.1) is 25.5 Å². The molecule has 63 heavy (non-hydrogen) atoms. The van der Waals surface area contributed by atoms with Crippen LogP contribution >= 0.6 is 0 Å². The Morgan fingerprint density at radius 1 is 0.905 bits per heavy atom. The minimum atomic E-state index is -1.05. The Morgan fingerprint density at radius 2 is 1.70 bits per heavy atom. The third-order valence-electron chi connectivity index (χ3n) is 11.4. The molecule has 0 radical (unpaired) electrons. The van der Waals surface area contributed by atoms with Crippen molar-refractivity contribution in [3.05, 3.63) is 89.0 Å². The van der Waals surface area contributed by atoms with Crippen molar-refractivity contribution in [2.75, 3.05) is 76.5 Å².